The monoisotopic (exact) mass is 665 g/mol. The van der Waals surface area contributed by atoms with Crippen LogP contribution in [0.15, 0.2) is 47.0 Å². The summed E-state index contributed by atoms with van der Waals surface area (Å²) in [7, 11) is 6.81. The zero-order valence-corrected chi connectivity index (χ0v) is 27.2. The topological polar surface area (TPSA) is 81.4 Å². The van der Waals surface area contributed by atoms with E-state index in [1.54, 1.807) is 43.9 Å². The summed E-state index contributed by atoms with van der Waals surface area (Å²) in [5, 5.41) is 9.21. The summed E-state index contributed by atoms with van der Waals surface area (Å²) in [4.78, 5) is 21.9. The van der Waals surface area contributed by atoms with Crippen molar-refractivity contribution in [3.8, 4) is 11.9 Å². The Morgan fingerprint density at radius 3 is 2.23 bits per heavy atom. The molecule has 1 aliphatic heterocycles. The summed E-state index contributed by atoms with van der Waals surface area (Å²) in [5.41, 5.74) is -0.269. The Morgan fingerprint density at radius 1 is 1.09 bits per heavy atom. The number of rotatable bonds is 6. The molecule has 14 heteroatoms. The van der Waals surface area contributed by atoms with Gasteiger partial charge in [-0.15, -0.1) is 4.99 Å². The average molecular weight is 666 g/mol. The number of allylic oxidation sites excluding steroid dienone is 1. The standard InChI is InChI=1S/C33H37F6N5O3/c1-19-28(20-12-22(32(34,35)36)14-23(13-20)33(37,38)39)47-30(45)44(19)17-21-16-31(2,3)11-10-25(21)26-15-24(8-9-27(26)46-7)43(6)29(41-18-40)42(4)5/h8-9,12-15,19,28H,10-11,16-17H2,1-7H3/t19-,28-/m0/s1. The molecule has 0 unspecified atom stereocenters. The number of aliphatic imine (C=N–C) groups is 1. The molecule has 4 rings (SSSR count). The van der Waals surface area contributed by atoms with Crippen molar-refractivity contribution >= 4 is 23.3 Å². The molecule has 0 bridgehead atoms. The van der Waals surface area contributed by atoms with Crippen LogP contribution in [0.25, 0.3) is 5.57 Å². The van der Waals surface area contributed by atoms with E-state index >= 15 is 0 Å². The number of ether oxygens (including phenoxy) is 2. The van der Waals surface area contributed by atoms with Crippen molar-refractivity contribution in [2.75, 3.05) is 39.7 Å². The maximum Gasteiger partial charge on any atom is 0.416 e. The Balaban J connectivity index is 1.77. The van der Waals surface area contributed by atoms with Crippen LogP contribution < -0.4 is 9.64 Å². The number of nitrogens with zero attached hydrogens (tertiary/aromatic N) is 5. The van der Waals surface area contributed by atoms with Gasteiger partial charge in [-0.1, -0.05) is 13.8 Å². The van der Waals surface area contributed by atoms with Gasteiger partial charge in [-0.05, 0) is 84.7 Å². The molecule has 1 saturated heterocycles. The lowest BCUT2D eigenvalue weighted by atomic mass is 9.72. The zero-order chi connectivity index (χ0) is 35.1. The first-order valence-corrected chi connectivity index (χ1v) is 14.8. The highest BCUT2D eigenvalue weighted by Crippen LogP contribution is 2.47. The van der Waals surface area contributed by atoms with Crippen LogP contribution in [0.2, 0.25) is 0 Å². The second kappa shape index (κ2) is 13.0. The molecule has 2 atom stereocenters. The van der Waals surface area contributed by atoms with Crippen molar-refractivity contribution in [3.63, 3.8) is 0 Å². The number of alkyl halides is 6. The molecular weight excluding hydrogens is 628 g/mol. The van der Waals surface area contributed by atoms with E-state index in [1.165, 1.54) is 12.0 Å². The van der Waals surface area contributed by atoms with Gasteiger partial charge in [0.2, 0.25) is 12.2 Å². The SMILES string of the molecule is COc1ccc(N(C)C(=NC#N)N(C)C)cc1C1=C(CN2C(=O)O[C@H](c3cc(C(F)(F)F)cc(C(F)(F)F)c3)[C@@H]2C)CC(C)(C)CC1. The van der Waals surface area contributed by atoms with E-state index in [4.69, 9.17) is 9.47 Å². The summed E-state index contributed by atoms with van der Waals surface area (Å²) in [6.07, 6.45) is -8.48. The van der Waals surface area contributed by atoms with Crippen LogP contribution in [-0.2, 0) is 17.1 Å². The number of carbonyl (C=O) groups is 1. The van der Waals surface area contributed by atoms with E-state index in [2.05, 4.69) is 18.8 Å². The van der Waals surface area contributed by atoms with E-state index < -0.39 is 41.7 Å². The maximum absolute atomic E-state index is 13.6. The minimum absolute atomic E-state index is 0.0441. The highest BCUT2D eigenvalue weighted by Gasteiger charge is 2.44. The molecule has 254 valence electrons. The van der Waals surface area contributed by atoms with E-state index in [9.17, 15) is 36.4 Å². The van der Waals surface area contributed by atoms with Gasteiger partial charge in [0.1, 0.15) is 11.9 Å². The van der Waals surface area contributed by atoms with Crippen molar-refractivity contribution in [3.05, 3.63) is 64.2 Å². The van der Waals surface area contributed by atoms with Crippen LogP contribution in [0.5, 0.6) is 5.75 Å². The van der Waals surface area contributed by atoms with Crippen molar-refractivity contribution in [2.24, 2.45) is 10.4 Å². The van der Waals surface area contributed by atoms with Gasteiger partial charge < -0.3 is 19.3 Å². The molecule has 2 aromatic carbocycles. The summed E-state index contributed by atoms with van der Waals surface area (Å²) in [6, 6.07) is 5.89. The van der Waals surface area contributed by atoms with E-state index in [-0.39, 0.29) is 23.6 Å². The zero-order valence-electron chi connectivity index (χ0n) is 27.2. The molecule has 1 fully saturated rings. The summed E-state index contributed by atoms with van der Waals surface area (Å²) in [5.74, 6) is 0.960. The van der Waals surface area contributed by atoms with E-state index in [0.717, 1.165) is 23.1 Å². The first-order valence-electron chi connectivity index (χ1n) is 14.8. The van der Waals surface area contributed by atoms with Crippen molar-refractivity contribution in [1.29, 1.82) is 5.26 Å². The highest BCUT2D eigenvalue weighted by molar-refractivity contribution is 5.96. The molecule has 0 saturated carbocycles. The number of carbonyl (C=O) groups excluding carboxylic acids is 1. The first-order chi connectivity index (χ1) is 21.8. The number of cyclic esters (lactones) is 1. The van der Waals surface area contributed by atoms with Crippen molar-refractivity contribution in [1.82, 2.24) is 9.80 Å². The number of methoxy groups -OCH3 is 1. The molecular formula is C33H37F6N5O3. The highest BCUT2D eigenvalue weighted by atomic mass is 19.4. The molecule has 2 aromatic rings. The number of guanidine groups is 1. The van der Waals surface area contributed by atoms with Crippen molar-refractivity contribution in [2.45, 2.75) is 64.5 Å². The smallest absolute Gasteiger partial charge is 0.416 e. The molecule has 47 heavy (non-hydrogen) atoms. The number of amides is 1. The molecule has 1 amide bonds. The average Bonchev–Trinajstić information content (AvgIpc) is 3.26. The first kappa shape index (κ1) is 35.4. The second-order valence-electron chi connectivity index (χ2n) is 12.8. The summed E-state index contributed by atoms with van der Waals surface area (Å²) < 4.78 is 92.7. The fraction of sp³-hybridized carbons (Fsp3) is 0.485. The third kappa shape index (κ3) is 7.60. The quantitative estimate of drug-likeness (QED) is 0.134. The molecule has 0 radical (unpaired) electrons. The second-order valence-corrected chi connectivity index (χ2v) is 12.8. The molecule has 8 nitrogen and oxygen atoms in total. The van der Waals surface area contributed by atoms with Gasteiger partial charge in [0.05, 0.1) is 24.3 Å². The lowest BCUT2D eigenvalue weighted by Gasteiger charge is -2.36. The van der Waals surface area contributed by atoms with Gasteiger partial charge in [-0.3, -0.25) is 4.90 Å². The molecule has 0 spiro atoms. The van der Waals surface area contributed by atoms with Gasteiger partial charge in [0.15, 0.2) is 0 Å². The minimum Gasteiger partial charge on any atom is -0.496 e. The van der Waals surface area contributed by atoms with Gasteiger partial charge in [0, 0.05) is 38.9 Å². The Hall–Kier alpha value is -4.41. The summed E-state index contributed by atoms with van der Waals surface area (Å²) >= 11 is 0. The summed E-state index contributed by atoms with van der Waals surface area (Å²) in [6.45, 7) is 5.76. The van der Waals surface area contributed by atoms with E-state index in [0.29, 0.717) is 42.4 Å². The molecule has 0 N–H and O–H groups in total. The van der Waals surface area contributed by atoms with Crippen LogP contribution >= 0.6 is 0 Å². The molecule has 1 heterocycles. The van der Waals surface area contributed by atoms with Crippen LogP contribution in [0.3, 0.4) is 0 Å². The number of hydrogen-bond acceptors (Lipinski definition) is 5. The van der Waals surface area contributed by atoms with Gasteiger partial charge >= 0.3 is 18.4 Å². The third-order valence-electron chi connectivity index (χ3n) is 8.61. The predicted octanol–water partition coefficient (Wildman–Crippen LogP) is 8.11. The molecule has 1 aliphatic carbocycles. The third-order valence-corrected chi connectivity index (χ3v) is 8.61. The number of hydrogen-bond donors (Lipinski definition) is 0. The lowest BCUT2D eigenvalue weighted by molar-refractivity contribution is -0.143. The normalized spacial score (nSPS) is 20.2. The minimum atomic E-state index is -5.04. The lowest BCUT2D eigenvalue weighted by Crippen LogP contribution is -2.38. The number of anilines is 1. The Labute approximate surface area is 269 Å². The van der Waals surface area contributed by atoms with Gasteiger partial charge in [0.25, 0.3) is 0 Å². The van der Waals surface area contributed by atoms with E-state index in [1.807, 2.05) is 18.3 Å². The van der Waals surface area contributed by atoms with Crippen LogP contribution in [-0.4, -0.2) is 62.7 Å². The Kier molecular flexibility index (Phi) is 9.81. The fourth-order valence-electron chi connectivity index (χ4n) is 6.17. The largest absolute Gasteiger partial charge is 0.496 e. The maximum atomic E-state index is 13.6. The Morgan fingerprint density at radius 2 is 1.70 bits per heavy atom. The number of halogens is 6. The molecule has 2 aliphatic rings. The van der Waals surface area contributed by atoms with Gasteiger partial charge in [-0.25, -0.2) is 4.79 Å². The van der Waals surface area contributed by atoms with Crippen LogP contribution in [0.1, 0.15) is 68.4 Å². The Bertz CT molecular complexity index is 1590. The molecule has 0 aromatic heterocycles. The number of benzene rings is 2. The van der Waals surface area contributed by atoms with Crippen LogP contribution in [0, 0.1) is 16.9 Å². The van der Waals surface area contributed by atoms with Gasteiger partial charge in [-0.2, -0.15) is 31.6 Å². The number of nitriles is 1. The predicted molar refractivity (Wildman–Crippen MR) is 165 cm³/mol. The fourth-order valence-corrected chi connectivity index (χ4v) is 6.17. The van der Waals surface area contributed by atoms with Crippen molar-refractivity contribution < 1.29 is 40.6 Å². The van der Waals surface area contributed by atoms with Crippen LogP contribution in [0.4, 0.5) is 36.8 Å².